The van der Waals surface area contributed by atoms with Crippen LogP contribution in [0.25, 0.3) is 0 Å². The average Bonchev–Trinajstić information content (AvgIpc) is 2.47. The van der Waals surface area contributed by atoms with Crippen molar-refractivity contribution in [3.8, 4) is 5.75 Å². The first kappa shape index (κ1) is 21.6. The molecule has 0 spiro atoms. The number of hydrogen-bond donors (Lipinski definition) is 1. The van der Waals surface area contributed by atoms with Crippen molar-refractivity contribution >= 4 is 11.6 Å². The predicted molar refractivity (Wildman–Crippen MR) is 105 cm³/mol. The molecule has 0 saturated carbocycles. The Hall–Kier alpha value is -1.68. The van der Waals surface area contributed by atoms with Crippen LogP contribution < -0.4 is 0 Å². The molecule has 0 heterocycles. The van der Waals surface area contributed by atoms with Gasteiger partial charge >= 0.3 is 6.18 Å². The van der Waals surface area contributed by atoms with Crippen LogP contribution in [0.4, 0.5) is 13.2 Å². The summed E-state index contributed by atoms with van der Waals surface area (Å²) in [6.07, 6.45) is -4.48. The molecule has 0 bridgehead atoms. The van der Waals surface area contributed by atoms with E-state index in [4.69, 9.17) is 11.6 Å². The Labute approximate surface area is 164 Å². The van der Waals surface area contributed by atoms with Crippen LogP contribution in [0.1, 0.15) is 69.7 Å². The lowest BCUT2D eigenvalue weighted by atomic mass is 9.76. The topological polar surface area (TPSA) is 20.2 Å². The summed E-state index contributed by atoms with van der Waals surface area (Å²) in [5.74, 6) is -1.73. The lowest BCUT2D eigenvalue weighted by Gasteiger charge is -2.30. The summed E-state index contributed by atoms with van der Waals surface area (Å²) >= 11 is 5.85. The van der Waals surface area contributed by atoms with Gasteiger partial charge in [0.05, 0.1) is 0 Å². The Morgan fingerprint density at radius 3 is 1.52 bits per heavy atom. The van der Waals surface area contributed by atoms with Crippen molar-refractivity contribution in [1.82, 2.24) is 0 Å². The first-order valence-corrected chi connectivity index (χ1v) is 9.20. The van der Waals surface area contributed by atoms with Crippen molar-refractivity contribution in [2.45, 2.75) is 64.5 Å². The van der Waals surface area contributed by atoms with Gasteiger partial charge in [-0.3, -0.25) is 0 Å². The molecule has 148 valence electrons. The maximum Gasteiger partial charge on any atom is 0.399 e. The van der Waals surface area contributed by atoms with Gasteiger partial charge in [-0.15, -0.1) is 0 Å². The highest BCUT2D eigenvalue weighted by Gasteiger charge is 2.43. The van der Waals surface area contributed by atoms with Gasteiger partial charge in [-0.05, 0) is 45.2 Å². The molecular weight excluding hydrogens is 373 g/mol. The Kier molecular flexibility index (Phi) is 5.64. The van der Waals surface area contributed by atoms with Crippen molar-refractivity contribution in [2.24, 2.45) is 0 Å². The van der Waals surface area contributed by atoms with E-state index in [1.807, 2.05) is 41.5 Å². The van der Waals surface area contributed by atoms with Crippen molar-refractivity contribution in [2.75, 3.05) is 0 Å². The van der Waals surface area contributed by atoms with Crippen LogP contribution in [0.2, 0.25) is 5.02 Å². The van der Waals surface area contributed by atoms with Gasteiger partial charge in [-0.2, -0.15) is 13.2 Å². The third-order valence-electron chi connectivity index (χ3n) is 4.61. The number of aromatic hydroxyl groups is 1. The highest BCUT2D eigenvalue weighted by atomic mass is 35.5. The van der Waals surface area contributed by atoms with Gasteiger partial charge in [0.2, 0.25) is 0 Å². The monoisotopic (exact) mass is 398 g/mol. The fourth-order valence-electron chi connectivity index (χ4n) is 3.19. The third-order valence-corrected chi connectivity index (χ3v) is 4.86. The van der Waals surface area contributed by atoms with Crippen molar-refractivity contribution in [3.05, 3.63) is 63.7 Å². The van der Waals surface area contributed by atoms with Crippen LogP contribution in [0, 0.1) is 0 Å². The van der Waals surface area contributed by atoms with E-state index >= 15 is 0 Å². The van der Waals surface area contributed by atoms with Crippen LogP contribution in [0.5, 0.6) is 5.75 Å². The molecule has 0 saturated heterocycles. The number of hydrogen-bond acceptors (Lipinski definition) is 1. The fourth-order valence-corrected chi connectivity index (χ4v) is 3.32. The third kappa shape index (κ3) is 4.78. The van der Waals surface area contributed by atoms with Gasteiger partial charge in [-0.1, -0.05) is 77.4 Å². The molecule has 1 nitrogen and oxygen atoms in total. The van der Waals surface area contributed by atoms with E-state index in [-0.39, 0.29) is 16.9 Å². The van der Waals surface area contributed by atoms with E-state index in [2.05, 4.69) is 0 Å². The second-order valence-electron chi connectivity index (χ2n) is 8.99. The molecule has 5 heteroatoms. The Balaban J connectivity index is 2.81. The van der Waals surface area contributed by atoms with E-state index in [1.165, 1.54) is 36.4 Å². The second-order valence-corrected chi connectivity index (χ2v) is 9.43. The summed E-state index contributed by atoms with van der Waals surface area (Å²) in [6.45, 7) is 11.3. The minimum Gasteiger partial charge on any atom is -0.507 e. The first-order chi connectivity index (χ1) is 12.1. The number of phenolic OH excluding ortho intramolecular Hbond substituents is 1. The van der Waals surface area contributed by atoms with E-state index < -0.39 is 22.9 Å². The zero-order chi connectivity index (χ0) is 20.8. The Morgan fingerprint density at radius 2 is 1.19 bits per heavy atom. The minimum atomic E-state index is -4.48. The molecule has 27 heavy (non-hydrogen) atoms. The zero-order valence-electron chi connectivity index (χ0n) is 16.5. The van der Waals surface area contributed by atoms with Crippen LogP contribution >= 0.6 is 11.6 Å². The predicted octanol–water partition coefficient (Wildman–Crippen LogP) is 7.33. The van der Waals surface area contributed by atoms with Gasteiger partial charge in [0, 0.05) is 5.02 Å². The molecule has 0 aliphatic rings. The summed E-state index contributed by atoms with van der Waals surface area (Å²) in [5, 5.41) is 11.2. The number of halogens is 4. The van der Waals surface area contributed by atoms with Gasteiger partial charge in [0.1, 0.15) is 11.7 Å². The van der Waals surface area contributed by atoms with Gasteiger partial charge in [-0.25, -0.2) is 0 Å². The SMILES string of the molecule is CC(C)(C)c1cc(C(c2ccc(Cl)cc2)C(F)(F)F)cc(C(C)(C)C)c1O. The van der Waals surface area contributed by atoms with Crippen LogP contribution in [-0.4, -0.2) is 11.3 Å². The summed E-state index contributed by atoms with van der Waals surface area (Å²) in [6, 6.07) is 8.70. The number of alkyl halides is 3. The van der Waals surface area contributed by atoms with Crippen molar-refractivity contribution < 1.29 is 18.3 Å². The number of phenols is 1. The summed E-state index contributed by atoms with van der Waals surface area (Å²) in [4.78, 5) is 0. The normalized spacial score (nSPS) is 14.3. The average molecular weight is 399 g/mol. The van der Waals surface area contributed by atoms with E-state index in [0.29, 0.717) is 16.1 Å². The highest BCUT2D eigenvalue weighted by molar-refractivity contribution is 6.30. The molecule has 2 aromatic rings. The van der Waals surface area contributed by atoms with Crippen LogP contribution in [0.3, 0.4) is 0 Å². The maximum absolute atomic E-state index is 14.1. The molecule has 0 aliphatic heterocycles. The molecule has 0 amide bonds. The molecule has 1 atom stereocenters. The quantitative estimate of drug-likeness (QED) is 0.561. The lowest BCUT2D eigenvalue weighted by molar-refractivity contribution is -0.141. The van der Waals surface area contributed by atoms with Crippen LogP contribution in [0.15, 0.2) is 36.4 Å². The molecule has 0 fully saturated rings. The Bertz CT molecular complexity index is 774. The van der Waals surface area contributed by atoms with Crippen LogP contribution in [-0.2, 0) is 10.8 Å². The molecule has 2 rings (SSSR count). The standard InChI is InChI=1S/C22H26ClF3O/c1-20(2,3)16-11-14(12-17(19(16)27)21(4,5)6)18(22(24,25)26)13-7-9-15(23)10-8-13/h7-12,18,27H,1-6H3. The molecule has 1 N–H and O–H groups in total. The first-order valence-electron chi connectivity index (χ1n) is 8.82. The van der Waals surface area contributed by atoms with Gasteiger partial charge in [0.15, 0.2) is 0 Å². The van der Waals surface area contributed by atoms with Gasteiger partial charge < -0.3 is 5.11 Å². The largest absolute Gasteiger partial charge is 0.507 e. The second kappa shape index (κ2) is 7.05. The summed E-state index contributed by atoms with van der Waals surface area (Å²) in [5.41, 5.74) is 0.253. The minimum absolute atomic E-state index is 0.0655. The Morgan fingerprint density at radius 1 is 0.778 bits per heavy atom. The molecule has 2 aromatic carbocycles. The molecular formula is C22H26ClF3O. The van der Waals surface area contributed by atoms with Crippen molar-refractivity contribution in [1.29, 1.82) is 0 Å². The highest BCUT2D eigenvalue weighted by Crippen LogP contribution is 2.46. The van der Waals surface area contributed by atoms with Crippen molar-refractivity contribution in [3.63, 3.8) is 0 Å². The van der Waals surface area contributed by atoms with E-state index in [1.54, 1.807) is 0 Å². The zero-order valence-corrected chi connectivity index (χ0v) is 17.3. The summed E-state index contributed by atoms with van der Waals surface area (Å²) in [7, 11) is 0. The summed E-state index contributed by atoms with van der Waals surface area (Å²) < 4.78 is 42.2. The van der Waals surface area contributed by atoms with E-state index in [0.717, 1.165) is 0 Å². The molecule has 0 aliphatic carbocycles. The van der Waals surface area contributed by atoms with E-state index in [9.17, 15) is 18.3 Å². The number of benzene rings is 2. The number of rotatable bonds is 2. The lowest BCUT2D eigenvalue weighted by Crippen LogP contribution is -2.24. The molecule has 1 unspecified atom stereocenters. The van der Waals surface area contributed by atoms with Gasteiger partial charge in [0.25, 0.3) is 0 Å². The molecule has 0 aromatic heterocycles. The smallest absolute Gasteiger partial charge is 0.399 e. The fraction of sp³-hybridized carbons (Fsp3) is 0.455. The maximum atomic E-state index is 14.1. The molecule has 0 radical (unpaired) electrons.